The lowest BCUT2D eigenvalue weighted by atomic mass is 10.0. The fourth-order valence-corrected chi connectivity index (χ4v) is 7.21. The van der Waals surface area contributed by atoms with E-state index in [-0.39, 0.29) is 25.9 Å². The lowest BCUT2D eigenvalue weighted by Crippen LogP contribution is -2.46. The number of unbranched alkanes of at least 4 members (excludes halogenated alkanes) is 15. The average molecular weight is 607 g/mol. The van der Waals surface area contributed by atoms with E-state index in [1.807, 2.05) is 0 Å². The van der Waals surface area contributed by atoms with Crippen LogP contribution >= 0.6 is 0 Å². The minimum atomic E-state index is -3.26. The predicted octanol–water partition coefficient (Wildman–Crippen LogP) is 6.10. The van der Waals surface area contributed by atoms with E-state index in [1.54, 1.807) is 0 Å². The van der Waals surface area contributed by atoms with Crippen molar-refractivity contribution in [3.05, 3.63) is 0 Å². The number of hydrogen-bond acceptors (Lipinski definition) is 7. The zero-order valence-corrected chi connectivity index (χ0v) is 28.3. The summed E-state index contributed by atoms with van der Waals surface area (Å²) in [5.41, 5.74) is 0. The Morgan fingerprint density at radius 3 is 1.78 bits per heavy atom. The highest BCUT2D eigenvalue weighted by Gasteiger charge is 2.37. The summed E-state index contributed by atoms with van der Waals surface area (Å²) in [5, 5.41) is 8.88. The number of aliphatic hydroxyl groups is 1. The van der Waals surface area contributed by atoms with E-state index >= 15 is 0 Å². The lowest BCUT2D eigenvalue weighted by molar-refractivity contribution is -0.890. The van der Waals surface area contributed by atoms with Crippen LogP contribution in [0.25, 0.3) is 0 Å². The van der Waals surface area contributed by atoms with Crippen LogP contribution in [-0.2, 0) is 23.1 Å². The number of nitrogens with zero attached hydrogens (tertiary/aromatic N) is 1. The van der Waals surface area contributed by atoms with E-state index in [2.05, 4.69) is 21.0 Å². The SMILES string of the molecule is CCCCCCCCCCCCCCCCCC[N+](C)(C)CCC[Si]1(O)OCCOCC(COCCO)OCCO1. The largest absolute Gasteiger partial charge is 0.498 e. The first kappa shape index (κ1) is 38.9. The molecule has 0 bridgehead atoms. The van der Waals surface area contributed by atoms with Crippen LogP contribution in [0.1, 0.15) is 116 Å². The Morgan fingerprint density at radius 1 is 0.707 bits per heavy atom. The maximum atomic E-state index is 11.1. The maximum absolute atomic E-state index is 11.1. The number of quaternary nitrogens is 1. The number of hydrogen-bond donors (Lipinski definition) is 2. The highest BCUT2D eigenvalue weighted by Crippen LogP contribution is 2.17. The standard InChI is InChI=1S/C32H68NO7Si/c1-4-5-6-7-8-9-10-11-12-13-14-15-16-17-18-19-21-33(2,3)22-20-29-41(35)39-27-25-37-31-32(30-36-24-23-34)38-26-28-40-41/h32,34-35H,4-31H2,1-3H3/q+1. The van der Waals surface area contributed by atoms with Gasteiger partial charge in [0.05, 0.1) is 80.0 Å². The Kier molecular flexibility index (Phi) is 25.0. The van der Waals surface area contributed by atoms with Gasteiger partial charge < -0.3 is 37.4 Å². The van der Waals surface area contributed by atoms with Gasteiger partial charge in [-0.1, -0.05) is 96.8 Å². The molecule has 2 atom stereocenters. The Bertz CT molecular complexity index is 572. The monoisotopic (exact) mass is 606 g/mol. The molecule has 8 nitrogen and oxygen atoms in total. The second-order valence-corrected chi connectivity index (χ2v) is 15.1. The molecule has 1 rings (SSSR count). The first-order chi connectivity index (χ1) is 19.9. The summed E-state index contributed by atoms with van der Waals surface area (Å²) in [5.74, 6) is 0. The normalized spacial score (nSPS) is 21.1. The molecule has 0 spiro atoms. The zero-order valence-electron chi connectivity index (χ0n) is 27.3. The fourth-order valence-electron chi connectivity index (χ4n) is 5.43. The third kappa shape index (κ3) is 24.0. The molecule has 1 saturated heterocycles. The van der Waals surface area contributed by atoms with Crippen molar-refractivity contribution in [1.82, 2.24) is 0 Å². The Hall–Kier alpha value is -0.103. The van der Waals surface area contributed by atoms with E-state index in [0.717, 1.165) is 17.4 Å². The zero-order chi connectivity index (χ0) is 29.9. The van der Waals surface area contributed by atoms with Crippen molar-refractivity contribution >= 4 is 8.80 Å². The summed E-state index contributed by atoms with van der Waals surface area (Å²) < 4.78 is 29.4. The highest BCUT2D eigenvalue weighted by atomic mass is 28.4. The molecule has 2 N–H and O–H groups in total. The molecular formula is C32H68NO7Si+. The van der Waals surface area contributed by atoms with Crippen LogP contribution in [0.2, 0.25) is 6.04 Å². The lowest BCUT2D eigenvalue weighted by Gasteiger charge is -2.31. The Balaban J connectivity index is 2.06. The van der Waals surface area contributed by atoms with E-state index in [1.165, 1.54) is 109 Å². The van der Waals surface area contributed by atoms with Crippen LogP contribution in [0.4, 0.5) is 0 Å². The molecule has 0 radical (unpaired) electrons. The first-order valence-electron chi connectivity index (χ1n) is 17.1. The average Bonchev–Trinajstić information content (AvgIpc) is 2.98. The molecule has 1 heterocycles. The molecular weight excluding hydrogens is 538 g/mol. The summed E-state index contributed by atoms with van der Waals surface area (Å²) in [4.78, 5) is 11.1. The second-order valence-electron chi connectivity index (χ2n) is 12.6. The van der Waals surface area contributed by atoms with Crippen LogP contribution in [0.15, 0.2) is 0 Å². The number of ether oxygens (including phenoxy) is 3. The minimum absolute atomic E-state index is 0.0157. The van der Waals surface area contributed by atoms with Crippen LogP contribution in [0, 0.1) is 0 Å². The highest BCUT2D eigenvalue weighted by molar-refractivity contribution is 6.59. The molecule has 0 aromatic rings. The van der Waals surface area contributed by atoms with E-state index in [9.17, 15) is 4.80 Å². The molecule has 0 aliphatic carbocycles. The van der Waals surface area contributed by atoms with Gasteiger partial charge in [-0.2, -0.15) is 0 Å². The first-order valence-corrected chi connectivity index (χ1v) is 19.1. The van der Waals surface area contributed by atoms with Crippen molar-refractivity contribution in [1.29, 1.82) is 0 Å². The number of rotatable bonds is 25. The second kappa shape index (κ2) is 26.3. The molecule has 0 saturated carbocycles. The third-order valence-electron chi connectivity index (χ3n) is 8.04. The van der Waals surface area contributed by atoms with Crippen molar-refractivity contribution in [2.24, 2.45) is 0 Å². The summed E-state index contributed by atoms with van der Waals surface area (Å²) in [6, 6.07) is 0.552. The molecule has 246 valence electrons. The van der Waals surface area contributed by atoms with Crippen molar-refractivity contribution in [3.63, 3.8) is 0 Å². The topological polar surface area (TPSA) is 86.6 Å². The quantitative estimate of drug-likeness (QED) is 0.0737. The van der Waals surface area contributed by atoms with Gasteiger partial charge in [0, 0.05) is 12.5 Å². The summed E-state index contributed by atoms with van der Waals surface area (Å²) in [7, 11) is 1.32. The fraction of sp³-hybridized carbons (Fsp3) is 1.00. The van der Waals surface area contributed by atoms with Crippen molar-refractivity contribution in [2.75, 3.05) is 80.0 Å². The molecule has 1 fully saturated rings. The summed E-state index contributed by atoms with van der Waals surface area (Å²) in [6.45, 7) is 6.78. The van der Waals surface area contributed by atoms with Gasteiger partial charge in [-0.25, -0.2) is 0 Å². The van der Waals surface area contributed by atoms with E-state index in [0.29, 0.717) is 39.1 Å². The van der Waals surface area contributed by atoms with Crippen LogP contribution in [0.3, 0.4) is 0 Å². The van der Waals surface area contributed by atoms with Gasteiger partial charge >= 0.3 is 8.80 Å². The Labute approximate surface area is 254 Å². The summed E-state index contributed by atoms with van der Waals surface area (Å²) >= 11 is 0. The van der Waals surface area contributed by atoms with Crippen LogP contribution < -0.4 is 0 Å². The smallest absolute Gasteiger partial charge is 0.394 e. The maximum Gasteiger partial charge on any atom is 0.498 e. The van der Waals surface area contributed by atoms with Gasteiger partial charge in [0.25, 0.3) is 0 Å². The van der Waals surface area contributed by atoms with Crippen molar-refractivity contribution in [2.45, 2.75) is 128 Å². The Morgan fingerprint density at radius 2 is 1.22 bits per heavy atom. The molecule has 0 aromatic carbocycles. The van der Waals surface area contributed by atoms with Gasteiger partial charge in [0.15, 0.2) is 0 Å². The van der Waals surface area contributed by atoms with Gasteiger partial charge in [-0.05, 0) is 12.8 Å². The summed E-state index contributed by atoms with van der Waals surface area (Å²) in [6.07, 6.45) is 23.0. The van der Waals surface area contributed by atoms with Crippen molar-refractivity contribution < 1.29 is 37.4 Å². The molecule has 9 heteroatoms. The predicted molar refractivity (Wildman–Crippen MR) is 169 cm³/mol. The van der Waals surface area contributed by atoms with Crippen LogP contribution in [-0.4, -0.2) is 109 Å². The number of aliphatic hydroxyl groups excluding tert-OH is 1. The van der Waals surface area contributed by atoms with E-state index < -0.39 is 8.80 Å². The van der Waals surface area contributed by atoms with Gasteiger partial charge in [0.1, 0.15) is 6.10 Å². The van der Waals surface area contributed by atoms with E-state index in [4.69, 9.17) is 28.2 Å². The third-order valence-corrected chi connectivity index (χ3v) is 10.3. The molecule has 41 heavy (non-hydrogen) atoms. The van der Waals surface area contributed by atoms with Crippen LogP contribution in [0.5, 0.6) is 0 Å². The molecule has 0 amide bonds. The van der Waals surface area contributed by atoms with Gasteiger partial charge in [-0.3, -0.25) is 0 Å². The van der Waals surface area contributed by atoms with Gasteiger partial charge in [0.2, 0.25) is 0 Å². The molecule has 1 aliphatic heterocycles. The molecule has 2 unspecified atom stereocenters. The van der Waals surface area contributed by atoms with Gasteiger partial charge in [-0.15, -0.1) is 0 Å². The molecule has 1 aliphatic rings. The molecule has 0 aromatic heterocycles. The minimum Gasteiger partial charge on any atom is -0.394 e. The van der Waals surface area contributed by atoms with Crippen molar-refractivity contribution in [3.8, 4) is 0 Å².